The average Bonchev–Trinajstić information content (AvgIpc) is 3.06. The van der Waals surface area contributed by atoms with Gasteiger partial charge in [-0.1, -0.05) is 31.4 Å². The highest BCUT2D eigenvalue weighted by Crippen LogP contribution is 2.41. The molecule has 136 valence electrons. The number of ether oxygens (including phenoxy) is 2. The van der Waals surface area contributed by atoms with Gasteiger partial charge in [0.05, 0.1) is 14.2 Å². The van der Waals surface area contributed by atoms with Gasteiger partial charge in [-0.15, -0.1) is 0 Å². The highest BCUT2D eigenvalue weighted by atomic mass is 16.5. The fourth-order valence-corrected chi connectivity index (χ4v) is 3.84. The molecule has 3 aromatic rings. The van der Waals surface area contributed by atoms with Crippen LogP contribution in [-0.4, -0.2) is 29.6 Å². The average molecular weight is 351 g/mol. The molecule has 4 rings (SSSR count). The predicted molar refractivity (Wildman–Crippen MR) is 104 cm³/mol. The van der Waals surface area contributed by atoms with Gasteiger partial charge in [-0.05, 0) is 37.1 Å². The van der Waals surface area contributed by atoms with Crippen molar-refractivity contribution in [3.8, 4) is 22.8 Å². The van der Waals surface area contributed by atoms with E-state index in [1.807, 2.05) is 36.4 Å². The number of anilines is 1. The Labute approximate surface area is 154 Å². The maximum absolute atomic E-state index is 5.66. The van der Waals surface area contributed by atoms with Crippen molar-refractivity contribution in [1.29, 1.82) is 0 Å². The Hall–Kier alpha value is -2.69. The third-order valence-electron chi connectivity index (χ3n) is 5.13. The Bertz CT molecular complexity index is 897. The summed E-state index contributed by atoms with van der Waals surface area (Å²) in [6.07, 6.45) is 8.37. The molecule has 0 radical (unpaired) electrons. The van der Waals surface area contributed by atoms with Crippen molar-refractivity contribution in [1.82, 2.24) is 9.38 Å². The summed E-state index contributed by atoms with van der Waals surface area (Å²) in [6.45, 7) is 0. The second kappa shape index (κ2) is 7.28. The summed E-state index contributed by atoms with van der Waals surface area (Å²) >= 11 is 0. The molecule has 1 aliphatic rings. The lowest BCUT2D eigenvalue weighted by Gasteiger charge is -2.24. The van der Waals surface area contributed by atoms with E-state index in [-0.39, 0.29) is 0 Å². The van der Waals surface area contributed by atoms with Gasteiger partial charge >= 0.3 is 0 Å². The van der Waals surface area contributed by atoms with E-state index in [0.29, 0.717) is 17.5 Å². The highest BCUT2D eigenvalue weighted by Gasteiger charge is 2.22. The summed E-state index contributed by atoms with van der Waals surface area (Å²) in [4.78, 5) is 4.90. The van der Waals surface area contributed by atoms with Gasteiger partial charge in [-0.3, -0.25) is 4.40 Å². The molecule has 1 aromatic carbocycles. The molecule has 0 unspecified atom stereocenters. The first-order valence-corrected chi connectivity index (χ1v) is 9.27. The lowest BCUT2D eigenvalue weighted by atomic mass is 9.95. The number of nitrogens with zero attached hydrogens (tertiary/aromatic N) is 2. The molecule has 0 atom stereocenters. The van der Waals surface area contributed by atoms with Gasteiger partial charge < -0.3 is 14.8 Å². The lowest BCUT2D eigenvalue weighted by molar-refractivity contribution is 0.356. The quantitative estimate of drug-likeness (QED) is 0.720. The number of nitrogens with one attached hydrogen (secondary N) is 1. The molecule has 5 nitrogen and oxygen atoms in total. The fraction of sp³-hybridized carbons (Fsp3) is 0.381. The molecule has 5 heteroatoms. The van der Waals surface area contributed by atoms with Crippen LogP contribution in [0.1, 0.15) is 32.1 Å². The van der Waals surface area contributed by atoms with Crippen LogP contribution in [-0.2, 0) is 0 Å². The number of rotatable bonds is 5. The van der Waals surface area contributed by atoms with E-state index >= 15 is 0 Å². The van der Waals surface area contributed by atoms with Crippen LogP contribution in [0.4, 0.5) is 5.82 Å². The molecule has 26 heavy (non-hydrogen) atoms. The minimum Gasteiger partial charge on any atom is -0.493 e. The van der Waals surface area contributed by atoms with Crippen LogP contribution in [0, 0.1) is 0 Å². The lowest BCUT2D eigenvalue weighted by Crippen LogP contribution is -2.23. The number of fused-ring (bicyclic) bond motifs is 1. The van der Waals surface area contributed by atoms with E-state index in [4.69, 9.17) is 14.5 Å². The minimum absolute atomic E-state index is 0.485. The third-order valence-corrected chi connectivity index (χ3v) is 5.13. The first-order chi connectivity index (χ1) is 12.8. The normalized spacial score (nSPS) is 15.2. The largest absolute Gasteiger partial charge is 0.493 e. The zero-order valence-electron chi connectivity index (χ0n) is 15.4. The molecule has 2 heterocycles. The van der Waals surface area contributed by atoms with Crippen molar-refractivity contribution in [2.75, 3.05) is 19.5 Å². The molecule has 0 aliphatic heterocycles. The van der Waals surface area contributed by atoms with Gasteiger partial charge in [-0.25, -0.2) is 4.98 Å². The summed E-state index contributed by atoms with van der Waals surface area (Å²) in [7, 11) is 3.33. The predicted octanol–water partition coefficient (Wildman–Crippen LogP) is 4.76. The number of hydrogen-bond acceptors (Lipinski definition) is 4. The number of para-hydroxylation sites is 1. The number of hydrogen-bond donors (Lipinski definition) is 1. The minimum atomic E-state index is 0.485. The van der Waals surface area contributed by atoms with Crippen LogP contribution in [0.15, 0.2) is 42.6 Å². The summed E-state index contributed by atoms with van der Waals surface area (Å²) in [5.74, 6) is 2.45. The molecule has 1 fully saturated rings. The Morgan fingerprint density at radius 2 is 1.85 bits per heavy atom. The van der Waals surface area contributed by atoms with Crippen LogP contribution in [0.5, 0.6) is 11.5 Å². The Morgan fingerprint density at radius 3 is 2.62 bits per heavy atom. The standard InChI is InChI=1S/C21H25N3O2/c1-25-17-12-8-11-16(20(17)26-2)19-21(22-15-9-4-3-5-10-15)24-14-7-6-13-18(24)23-19/h6-8,11-15,22H,3-5,9-10H2,1-2H3. The van der Waals surface area contributed by atoms with Crippen molar-refractivity contribution in [2.45, 2.75) is 38.1 Å². The summed E-state index contributed by atoms with van der Waals surface area (Å²) in [5, 5.41) is 3.76. The topological polar surface area (TPSA) is 47.8 Å². The van der Waals surface area contributed by atoms with Crippen molar-refractivity contribution in [3.63, 3.8) is 0 Å². The molecule has 1 saturated carbocycles. The Kier molecular flexibility index (Phi) is 4.69. The zero-order valence-corrected chi connectivity index (χ0v) is 15.4. The molecular formula is C21H25N3O2. The van der Waals surface area contributed by atoms with E-state index in [0.717, 1.165) is 22.7 Å². The van der Waals surface area contributed by atoms with Crippen molar-refractivity contribution >= 4 is 11.5 Å². The van der Waals surface area contributed by atoms with Gasteiger partial charge in [-0.2, -0.15) is 0 Å². The van der Waals surface area contributed by atoms with Crippen molar-refractivity contribution in [2.24, 2.45) is 0 Å². The summed E-state index contributed by atoms with van der Waals surface area (Å²) < 4.78 is 13.3. The Morgan fingerprint density at radius 1 is 1.00 bits per heavy atom. The number of benzene rings is 1. The van der Waals surface area contributed by atoms with Crippen LogP contribution in [0.2, 0.25) is 0 Å². The first kappa shape index (κ1) is 16.8. The molecular weight excluding hydrogens is 326 g/mol. The number of pyridine rings is 1. The molecule has 0 bridgehead atoms. The third kappa shape index (κ3) is 2.98. The van der Waals surface area contributed by atoms with Gasteiger partial charge in [0.25, 0.3) is 0 Å². The second-order valence-electron chi connectivity index (χ2n) is 6.76. The molecule has 0 amide bonds. The van der Waals surface area contributed by atoms with Crippen LogP contribution in [0.3, 0.4) is 0 Å². The van der Waals surface area contributed by atoms with E-state index in [1.54, 1.807) is 14.2 Å². The van der Waals surface area contributed by atoms with Crippen LogP contribution < -0.4 is 14.8 Å². The maximum Gasteiger partial charge on any atom is 0.170 e. The van der Waals surface area contributed by atoms with E-state index < -0.39 is 0 Å². The van der Waals surface area contributed by atoms with Gasteiger partial charge in [0.1, 0.15) is 17.2 Å². The molecule has 0 spiro atoms. The maximum atomic E-state index is 5.66. The molecule has 0 saturated heterocycles. The SMILES string of the molecule is COc1cccc(-c2nc3ccccn3c2NC2CCCCC2)c1OC. The zero-order chi connectivity index (χ0) is 17.9. The second-order valence-corrected chi connectivity index (χ2v) is 6.76. The molecule has 1 N–H and O–H groups in total. The molecule has 2 aromatic heterocycles. The van der Waals surface area contributed by atoms with Gasteiger partial charge in [0.2, 0.25) is 0 Å². The Balaban J connectivity index is 1.86. The summed E-state index contributed by atoms with van der Waals surface area (Å²) in [6, 6.07) is 12.5. The van der Waals surface area contributed by atoms with Gasteiger partial charge in [0, 0.05) is 17.8 Å². The van der Waals surface area contributed by atoms with E-state index in [2.05, 4.69) is 15.9 Å². The highest BCUT2D eigenvalue weighted by molar-refractivity contribution is 5.82. The smallest absolute Gasteiger partial charge is 0.170 e. The van der Waals surface area contributed by atoms with Crippen LogP contribution in [0.25, 0.3) is 16.9 Å². The van der Waals surface area contributed by atoms with Crippen molar-refractivity contribution < 1.29 is 9.47 Å². The van der Waals surface area contributed by atoms with Crippen LogP contribution >= 0.6 is 0 Å². The number of aromatic nitrogens is 2. The monoisotopic (exact) mass is 351 g/mol. The fourth-order valence-electron chi connectivity index (χ4n) is 3.84. The van der Waals surface area contributed by atoms with E-state index in [9.17, 15) is 0 Å². The first-order valence-electron chi connectivity index (χ1n) is 9.27. The summed E-state index contributed by atoms with van der Waals surface area (Å²) in [5.41, 5.74) is 2.76. The molecule has 1 aliphatic carbocycles. The number of imidazole rings is 1. The van der Waals surface area contributed by atoms with E-state index in [1.165, 1.54) is 32.1 Å². The van der Waals surface area contributed by atoms with Crippen molar-refractivity contribution in [3.05, 3.63) is 42.6 Å². The van der Waals surface area contributed by atoms with Gasteiger partial charge in [0.15, 0.2) is 11.5 Å². The number of methoxy groups -OCH3 is 2.